The zero-order chi connectivity index (χ0) is 15.1. The first-order chi connectivity index (χ1) is 10.0. The van der Waals surface area contributed by atoms with E-state index in [0.29, 0.717) is 0 Å². The van der Waals surface area contributed by atoms with Crippen LogP contribution in [0.5, 0.6) is 0 Å². The average molecular weight is 286 g/mol. The van der Waals surface area contributed by atoms with Crippen LogP contribution in [-0.4, -0.2) is 40.5 Å². The van der Waals surface area contributed by atoms with Crippen molar-refractivity contribution in [1.29, 1.82) is 0 Å². The Morgan fingerprint density at radius 1 is 1.00 bits per heavy atom. The van der Waals surface area contributed by atoms with E-state index in [-0.39, 0.29) is 13.0 Å². The van der Waals surface area contributed by atoms with Crippen molar-refractivity contribution in [3.63, 3.8) is 0 Å². The highest BCUT2D eigenvalue weighted by Gasteiger charge is 2.56. The maximum atomic E-state index is 12.4. The number of hydrogen-bond acceptors (Lipinski definition) is 4. The van der Waals surface area contributed by atoms with Crippen molar-refractivity contribution in [2.45, 2.75) is 13.0 Å². The molecule has 4 amide bonds. The van der Waals surface area contributed by atoms with Gasteiger partial charge in [0, 0.05) is 13.5 Å². The molecule has 0 bridgehead atoms. The Bertz CT molecular complexity index is 640. The van der Waals surface area contributed by atoms with Gasteiger partial charge >= 0.3 is 0 Å². The number of carbonyl (C=O) groups is 4. The second-order valence-electron chi connectivity index (χ2n) is 5.33. The zero-order valence-electron chi connectivity index (χ0n) is 11.5. The van der Waals surface area contributed by atoms with Crippen molar-refractivity contribution >= 4 is 23.6 Å². The minimum atomic E-state index is -1.04. The first-order valence-electron chi connectivity index (χ1n) is 6.70. The number of benzene rings is 1. The molecule has 6 nitrogen and oxygen atoms in total. The molecule has 2 saturated heterocycles. The van der Waals surface area contributed by atoms with Gasteiger partial charge in [-0.3, -0.25) is 29.0 Å². The zero-order valence-corrected chi connectivity index (χ0v) is 11.5. The third-order valence-corrected chi connectivity index (χ3v) is 4.07. The lowest BCUT2D eigenvalue weighted by atomic mass is 9.87. The van der Waals surface area contributed by atoms with Gasteiger partial charge < -0.3 is 0 Å². The molecule has 0 spiro atoms. The van der Waals surface area contributed by atoms with Gasteiger partial charge in [0.2, 0.25) is 23.6 Å². The van der Waals surface area contributed by atoms with Crippen LogP contribution in [0.3, 0.4) is 0 Å². The molecule has 2 aliphatic rings. The minimum Gasteiger partial charge on any atom is -0.285 e. The summed E-state index contributed by atoms with van der Waals surface area (Å²) >= 11 is 0. The number of likely N-dealkylation sites (tertiary alicyclic amines) is 2. The number of fused-ring (bicyclic) bond motifs is 1. The van der Waals surface area contributed by atoms with Crippen LogP contribution >= 0.6 is 0 Å². The molecule has 21 heavy (non-hydrogen) atoms. The molecule has 2 aliphatic heterocycles. The summed E-state index contributed by atoms with van der Waals surface area (Å²) < 4.78 is 0. The van der Waals surface area contributed by atoms with Gasteiger partial charge in [-0.15, -0.1) is 0 Å². The summed E-state index contributed by atoms with van der Waals surface area (Å²) in [5, 5.41) is 0. The molecule has 0 N–H and O–H groups in total. The molecular weight excluding hydrogens is 272 g/mol. The smallest absolute Gasteiger partial charge is 0.242 e. The molecule has 2 atom stereocenters. The summed E-state index contributed by atoms with van der Waals surface area (Å²) in [6.07, 6.45) is -0.0806. The Morgan fingerprint density at radius 3 is 2.33 bits per heavy atom. The molecule has 0 aromatic heterocycles. The monoisotopic (exact) mass is 286 g/mol. The van der Waals surface area contributed by atoms with E-state index in [1.165, 1.54) is 7.05 Å². The summed E-state index contributed by atoms with van der Waals surface area (Å²) in [4.78, 5) is 50.5. The molecular formula is C15H14N2O4. The van der Waals surface area contributed by atoms with Gasteiger partial charge in [0.1, 0.15) is 5.92 Å². The van der Waals surface area contributed by atoms with E-state index in [0.717, 1.165) is 15.4 Å². The molecule has 0 unspecified atom stereocenters. The maximum absolute atomic E-state index is 12.4. The van der Waals surface area contributed by atoms with Crippen molar-refractivity contribution in [3.05, 3.63) is 35.9 Å². The van der Waals surface area contributed by atoms with Crippen molar-refractivity contribution in [3.8, 4) is 0 Å². The summed E-state index contributed by atoms with van der Waals surface area (Å²) in [6.45, 7) is 0.136. The minimum absolute atomic E-state index is 0.0806. The van der Waals surface area contributed by atoms with E-state index in [4.69, 9.17) is 0 Å². The number of imide groups is 2. The fraction of sp³-hybridized carbons (Fsp3) is 0.333. The second-order valence-corrected chi connectivity index (χ2v) is 5.33. The topological polar surface area (TPSA) is 74.8 Å². The van der Waals surface area contributed by atoms with Crippen LogP contribution in [0.25, 0.3) is 0 Å². The van der Waals surface area contributed by atoms with Gasteiger partial charge in [-0.25, -0.2) is 0 Å². The van der Waals surface area contributed by atoms with Gasteiger partial charge in [-0.1, -0.05) is 30.3 Å². The Balaban J connectivity index is 1.89. The fourth-order valence-corrected chi connectivity index (χ4v) is 2.85. The van der Waals surface area contributed by atoms with Crippen LogP contribution in [-0.2, 0) is 25.7 Å². The van der Waals surface area contributed by atoms with Crippen molar-refractivity contribution in [2.75, 3.05) is 7.05 Å². The Hall–Kier alpha value is -2.50. The predicted octanol–water partition coefficient (Wildman–Crippen LogP) is 0.176. The van der Waals surface area contributed by atoms with E-state index in [9.17, 15) is 19.2 Å². The lowest BCUT2D eigenvalue weighted by Gasteiger charge is -2.26. The normalized spacial score (nSPS) is 25.6. The maximum Gasteiger partial charge on any atom is 0.242 e. The molecule has 2 fully saturated rings. The Kier molecular flexibility index (Phi) is 3.08. The Morgan fingerprint density at radius 2 is 1.67 bits per heavy atom. The van der Waals surface area contributed by atoms with Gasteiger partial charge in [-0.05, 0) is 5.56 Å². The highest BCUT2D eigenvalue weighted by molar-refractivity contribution is 6.19. The second kappa shape index (κ2) is 4.80. The van der Waals surface area contributed by atoms with E-state index >= 15 is 0 Å². The van der Waals surface area contributed by atoms with Gasteiger partial charge in [0.25, 0.3) is 0 Å². The van der Waals surface area contributed by atoms with Crippen LogP contribution in [0.4, 0.5) is 0 Å². The van der Waals surface area contributed by atoms with Crippen molar-refractivity contribution in [2.24, 2.45) is 11.8 Å². The number of piperidine rings is 1. The number of amides is 4. The van der Waals surface area contributed by atoms with Gasteiger partial charge in [0.15, 0.2) is 0 Å². The van der Waals surface area contributed by atoms with Crippen molar-refractivity contribution in [1.82, 2.24) is 9.80 Å². The first kappa shape index (κ1) is 13.5. The SMILES string of the molecule is CN1C(=O)C[C@H]2C(=O)N(Cc3ccccc3)C(=O)[C@H]2C1=O. The number of carbonyl (C=O) groups excluding carboxylic acids is 4. The van der Waals surface area contributed by atoms with E-state index in [2.05, 4.69) is 0 Å². The molecule has 1 aromatic carbocycles. The summed E-state index contributed by atoms with van der Waals surface area (Å²) in [6, 6.07) is 9.09. The summed E-state index contributed by atoms with van der Waals surface area (Å²) in [5.74, 6) is -3.79. The first-order valence-corrected chi connectivity index (χ1v) is 6.70. The molecule has 6 heteroatoms. The lowest BCUT2D eigenvalue weighted by molar-refractivity contribution is -0.155. The third kappa shape index (κ3) is 2.03. The standard InChI is InChI=1S/C15H14N2O4/c1-16-11(18)7-10-12(14(16)20)15(21)17(13(10)19)8-9-5-3-2-4-6-9/h2-6,10,12H,7-8H2,1H3/t10-,12-/m1/s1. The third-order valence-electron chi connectivity index (χ3n) is 4.07. The van der Waals surface area contributed by atoms with Crippen LogP contribution in [0.2, 0.25) is 0 Å². The summed E-state index contributed by atoms with van der Waals surface area (Å²) in [7, 11) is 1.35. The van der Waals surface area contributed by atoms with Crippen LogP contribution in [0, 0.1) is 11.8 Å². The fourth-order valence-electron chi connectivity index (χ4n) is 2.85. The quantitative estimate of drug-likeness (QED) is 0.574. The average Bonchev–Trinajstić information content (AvgIpc) is 2.71. The van der Waals surface area contributed by atoms with E-state index in [1.807, 2.05) is 30.3 Å². The molecule has 2 heterocycles. The van der Waals surface area contributed by atoms with Crippen LogP contribution < -0.4 is 0 Å². The van der Waals surface area contributed by atoms with Crippen LogP contribution in [0.15, 0.2) is 30.3 Å². The van der Waals surface area contributed by atoms with E-state index in [1.54, 1.807) is 0 Å². The molecule has 1 aromatic rings. The molecule has 3 rings (SSSR count). The number of rotatable bonds is 2. The number of hydrogen-bond donors (Lipinski definition) is 0. The summed E-state index contributed by atoms with van der Waals surface area (Å²) in [5.41, 5.74) is 0.810. The van der Waals surface area contributed by atoms with Gasteiger partial charge in [-0.2, -0.15) is 0 Å². The molecule has 0 aliphatic carbocycles. The lowest BCUT2D eigenvalue weighted by Crippen LogP contribution is -2.48. The molecule has 108 valence electrons. The van der Waals surface area contributed by atoms with Crippen LogP contribution in [0.1, 0.15) is 12.0 Å². The van der Waals surface area contributed by atoms with Crippen molar-refractivity contribution < 1.29 is 19.2 Å². The largest absolute Gasteiger partial charge is 0.285 e. The van der Waals surface area contributed by atoms with E-state index < -0.39 is 35.5 Å². The Labute approximate surface area is 121 Å². The van der Waals surface area contributed by atoms with Gasteiger partial charge in [0.05, 0.1) is 12.5 Å². The highest BCUT2D eigenvalue weighted by Crippen LogP contribution is 2.35. The predicted molar refractivity (Wildman–Crippen MR) is 71.4 cm³/mol. The molecule has 0 saturated carbocycles. The number of nitrogens with zero attached hydrogens (tertiary/aromatic N) is 2. The highest BCUT2D eigenvalue weighted by atomic mass is 16.2. The molecule has 0 radical (unpaired) electrons.